The van der Waals surface area contributed by atoms with Gasteiger partial charge in [-0.3, -0.25) is 0 Å². The Hall–Kier alpha value is -1.24. The topological polar surface area (TPSA) is 61.7 Å². The predicted molar refractivity (Wildman–Crippen MR) is 62.8 cm³/mol. The van der Waals surface area contributed by atoms with Gasteiger partial charge in [-0.25, -0.2) is 8.78 Å². The second-order valence-corrected chi connectivity index (χ2v) is 3.84. The van der Waals surface area contributed by atoms with Crippen molar-refractivity contribution in [1.82, 2.24) is 5.32 Å². The largest absolute Gasteiger partial charge is 0.491 e. The number of benzene rings is 1. The first-order valence-electron chi connectivity index (χ1n) is 5.62. The molecule has 0 heterocycles. The molecule has 1 rings (SSSR count). The average Bonchev–Trinajstić information content (AvgIpc) is 2.37. The Kier molecular flexibility index (Phi) is 6.56. The first kappa shape index (κ1) is 14.8. The highest BCUT2D eigenvalue weighted by molar-refractivity contribution is 5.20. The highest BCUT2D eigenvalue weighted by Gasteiger charge is 2.16. The summed E-state index contributed by atoms with van der Waals surface area (Å²) in [6.07, 6.45) is -5.32. The Balaban J connectivity index is 2.13. The molecule has 2 unspecified atom stereocenters. The lowest BCUT2D eigenvalue weighted by molar-refractivity contribution is -0.00529. The van der Waals surface area contributed by atoms with Crippen LogP contribution in [0.1, 0.15) is 0 Å². The van der Waals surface area contributed by atoms with Gasteiger partial charge in [0.05, 0.1) is 0 Å². The van der Waals surface area contributed by atoms with Crippen molar-refractivity contribution in [3.05, 3.63) is 30.3 Å². The highest BCUT2D eigenvalue weighted by Crippen LogP contribution is 2.08. The molecule has 2 atom stereocenters. The standard InChI is InChI=1S/C12H17F2NO3/c13-12(14)11(17)7-15-6-9(16)8-18-10-4-2-1-3-5-10/h1-5,9,11-12,15-17H,6-8H2. The molecule has 0 saturated carbocycles. The second kappa shape index (κ2) is 7.97. The van der Waals surface area contributed by atoms with Gasteiger partial charge in [0.15, 0.2) is 0 Å². The summed E-state index contributed by atoms with van der Waals surface area (Å²) >= 11 is 0. The van der Waals surface area contributed by atoms with E-state index < -0.39 is 18.6 Å². The molecular weight excluding hydrogens is 244 g/mol. The van der Waals surface area contributed by atoms with Crippen molar-refractivity contribution in [3.8, 4) is 5.75 Å². The SMILES string of the molecule is OC(CNCC(O)C(F)F)COc1ccccc1. The number of aliphatic hydroxyl groups excluding tert-OH is 2. The zero-order chi connectivity index (χ0) is 13.4. The van der Waals surface area contributed by atoms with Crippen LogP contribution >= 0.6 is 0 Å². The minimum atomic E-state index is -2.78. The van der Waals surface area contributed by atoms with E-state index in [-0.39, 0.29) is 19.7 Å². The molecule has 0 aromatic heterocycles. The van der Waals surface area contributed by atoms with E-state index >= 15 is 0 Å². The van der Waals surface area contributed by atoms with E-state index in [1.807, 2.05) is 6.07 Å². The number of para-hydroxylation sites is 1. The van der Waals surface area contributed by atoms with Crippen LogP contribution < -0.4 is 10.1 Å². The quantitative estimate of drug-likeness (QED) is 0.643. The Morgan fingerprint density at radius 2 is 1.78 bits per heavy atom. The van der Waals surface area contributed by atoms with Crippen molar-refractivity contribution in [2.24, 2.45) is 0 Å². The monoisotopic (exact) mass is 261 g/mol. The number of halogens is 2. The normalized spacial score (nSPS) is 14.5. The number of hydrogen-bond acceptors (Lipinski definition) is 4. The van der Waals surface area contributed by atoms with Gasteiger partial charge in [-0.05, 0) is 12.1 Å². The predicted octanol–water partition coefficient (Wildman–Crippen LogP) is 0.642. The van der Waals surface area contributed by atoms with Gasteiger partial charge < -0.3 is 20.3 Å². The van der Waals surface area contributed by atoms with Gasteiger partial charge in [-0.2, -0.15) is 0 Å². The van der Waals surface area contributed by atoms with Crippen LogP contribution in [0.4, 0.5) is 8.78 Å². The number of rotatable bonds is 8. The number of ether oxygens (including phenoxy) is 1. The molecule has 1 aromatic rings. The fourth-order valence-electron chi connectivity index (χ4n) is 1.25. The molecular formula is C12H17F2NO3. The summed E-state index contributed by atoms with van der Waals surface area (Å²) in [6.45, 7) is -0.127. The van der Waals surface area contributed by atoms with Gasteiger partial charge in [-0.1, -0.05) is 18.2 Å². The lowest BCUT2D eigenvalue weighted by Crippen LogP contribution is -2.38. The third-order valence-electron chi connectivity index (χ3n) is 2.21. The van der Waals surface area contributed by atoms with Gasteiger partial charge in [-0.15, -0.1) is 0 Å². The second-order valence-electron chi connectivity index (χ2n) is 3.84. The third-order valence-corrected chi connectivity index (χ3v) is 2.21. The molecule has 0 aliphatic carbocycles. The molecule has 1 aromatic carbocycles. The Morgan fingerprint density at radius 1 is 1.11 bits per heavy atom. The van der Waals surface area contributed by atoms with Gasteiger partial charge in [0.2, 0.25) is 0 Å². The molecule has 18 heavy (non-hydrogen) atoms. The van der Waals surface area contributed by atoms with Gasteiger partial charge >= 0.3 is 0 Å². The average molecular weight is 261 g/mol. The van der Waals surface area contributed by atoms with Crippen LogP contribution in [0.2, 0.25) is 0 Å². The van der Waals surface area contributed by atoms with E-state index in [0.29, 0.717) is 5.75 Å². The summed E-state index contributed by atoms with van der Waals surface area (Å²) in [5.41, 5.74) is 0. The first-order chi connectivity index (χ1) is 8.59. The summed E-state index contributed by atoms with van der Waals surface area (Å²) in [5.74, 6) is 0.629. The molecule has 0 saturated heterocycles. The summed E-state index contributed by atoms with van der Waals surface area (Å²) in [7, 11) is 0. The van der Waals surface area contributed by atoms with Crippen molar-refractivity contribution in [1.29, 1.82) is 0 Å². The van der Waals surface area contributed by atoms with Crippen molar-refractivity contribution >= 4 is 0 Å². The van der Waals surface area contributed by atoms with Crippen molar-refractivity contribution < 1.29 is 23.7 Å². The van der Waals surface area contributed by atoms with E-state index in [2.05, 4.69) is 5.32 Å². The summed E-state index contributed by atoms with van der Waals surface area (Å²) in [5, 5.41) is 20.9. The van der Waals surface area contributed by atoms with Crippen LogP contribution in [0.5, 0.6) is 5.75 Å². The zero-order valence-electron chi connectivity index (χ0n) is 9.80. The molecule has 0 radical (unpaired) electrons. The summed E-state index contributed by atoms with van der Waals surface area (Å²) < 4.78 is 29.2. The molecule has 6 heteroatoms. The maximum Gasteiger partial charge on any atom is 0.265 e. The number of alkyl halides is 2. The summed E-state index contributed by atoms with van der Waals surface area (Å²) in [6, 6.07) is 8.95. The lowest BCUT2D eigenvalue weighted by atomic mass is 10.3. The van der Waals surface area contributed by atoms with Crippen molar-refractivity contribution in [3.63, 3.8) is 0 Å². The van der Waals surface area contributed by atoms with Crippen LogP contribution in [-0.4, -0.2) is 48.5 Å². The molecule has 0 aliphatic heterocycles. The van der Waals surface area contributed by atoms with Crippen LogP contribution in [0.3, 0.4) is 0 Å². The van der Waals surface area contributed by atoms with E-state index in [1.165, 1.54) is 0 Å². The number of hydrogen-bond donors (Lipinski definition) is 3. The minimum absolute atomic E-state index is 0.0573. The molecule has 3 N–H and O–H groups in total. The van der Waals surface area contributed by atoms with Crippen LogP contribution in [0.15, 0.2) is 30.3 Å². The first-order valence-corrected chi connectivity index (χ1v) is 5.62. The smallest absolute Gasteiger partial charge is 0.265 e. The maximum absolute atomic E-state index is 11.9. The third kappa shape index (κ3) is 5.90. The molecule has 0 spiro atoms. The fourth-order valence-corrected chi connectivity index (χ4v) is 1.25. The molecule has 0 aliphatic rings. The van der Waals surface area contributed by atoms with Gasteiger partial charge in [0.1, 0.15) is 24.6 Å². The Labute approximate surface area is 104 Å². The van der Waals surface area contributed by atoms with Crippen LogP contribution in [0, 0.1) is 0 Å². The van der Waals surface area contributed by atoms with Crippen molar-refractivity contribution in [2.75, 3.05) is 19.7 Å². The minimum Gasteiger partial charge on any atom is -0.491 e. The Morgan fingerprint density at radius 3 is 2.39 bits per heavy atom. The number of nitrogens with one attached hydrogen (secondary N) is 1. The van der Waals surface area contributed by atoms with Crippen LogP contribution in [-0.2, 0) is 0 Å². The fraction of sp³-hybridized carbons (Fsp3) is 0.500. The zero-order valence-corrected chi connectivity index (χ0v) is 9.80. The molecule has 102 valence electrons. The van der Waals surface area contributed by atoms with E-state index in [4.69, 9.17) is 9.84 Å². The maximum atomic E-state index is 11.9. The molecule has 0 bridgehead atoms. The van der Waals surface area contributed by atoms with Gasteiger partial charge in [0.25, 0.3) is 6.43 Å². The summed E-state index contributed by atoms with van der Waals surface area (Å²) in [4.78, 5) is 0. The molecule has 0 amide bonds. The van der Waals surface area contributed by atoms with Crippen molar-refractivity contribution in [2.45, 2.75) is 18.6 Å². The highest BCUT2D eigenvalue weighted by atomic mass is 19.3. The Bertz CT molecular complexity index is 324. The van der Waals surface area contributed by atoms with Gasteiger partial charge in [0, 0.05) is 13.1 Å². The van der Waals surface area contributed by atoms with E-state index in [0.717, 1.165) is 0 Å². The molecule has 0 fully saturated rings. The van der Waals surface area contributed by atoms with Crippen LogP contribution in [0.25, 0.3) is 0 Å². The molecule has 4 nitrogen and oxygen atoms in total. The number of aliphatic hydroxyl groups is 2. The van der Waals surface area contributed by atoms with E-state index in [1.54, 1.807) is 24.3 Å². The lowest BCUT2D eigenvalue weighted by Gasteiger charge is -2.15. The van der Waals surface area contributed by atoms with E-state index in [9.17, 15) is 13.9 Å².